The molecule has 2 aliphatic heterocycles. The van der Waals surface area contributed by atoms with E-state index in [0.29, 0.717) is 23.2 Å². The monoisotopic (exact) mass is 511 g/mol. The van der Waals surface area contributed by atoms with Crippen molar-refractivity contribution in [2.24, 2.45) is 5.73 Å². The van der Waals surface area contributed by atoms with Gasteiger partial charge < -0.3 is 21.3 Å². The van der Waals surface area contributed by atoms with E-state index in [2.05, 4.69) is 20.5 Å². The van der Waals surface area contributed by atoms with Crippen molar-refractivity contribution >= 4 is 23.5 Å². The van der Waals surface area contributed by atoms with E-state index in [4.69, 9.17) is 5.73 Å². The van der Waals surface area contributed by atoms with Crippen molar-refractivity contribution in [2.75, 3.05) is 4.90 Å². The maximum atomic E-state index is 13.2. The normalized spacial score (nSPS) is 20.2. The second-order valence-electron chi connectivity index (χ2n) is 10.4. The number of primary amides is 1. The fraction of sp³-hybridized carbons (Fsp3) is 0.333. The molecule has 2 aliphatic rings. The number of rotatable bonds is 7. The van der Waals surface area contributed by atoms with Crippen LogP contribution in [0.4, 0.5) is 5.82 Å². The predicted octanol–water partition coefficient (Wildman–Crippen LogP) is 3.66. The molecule has 0 spiro atoms. The summed E-state index contributed by atoms with van der Waals surface area (Å²) in [5.74, 6) is 0.113. The number of hydrogen-bond acceptors (Lipinski definition) is 5. The fourth-order valence-electron chi connectivity index (χ4n) is 5.94. The summed E-state index contributed by atoms with van der Waals surface area (Å²) in [5, 5.41) is 6.18. The number of anilines is 1. The van der Waals surface area contributed by atoms with E-state index in [9.17, 15) is 14.4 Å². The molecule has 3 amide bonds. The number of nitrogens with two attached hydrogens (primary N) is 1. The van der Waals surface area contributed by atoms with Gasteiger partial charge in [-0.1, -0.05) is 30.3 Å². The highest BCUT2D eigenvalue weighted by Crippen LogP contribution is 2.38. The molecular formula is C30H33N5O3. The molecule has 3 aromatic rings. The molecule has 8 heteroatoms. The zero-order valence-electron chi connectivity index (χ0n) is 21.7. The molecule has 2 aromatic carbocycles. The van der Waals surface area contributed by atoms with E-state index in [1.165, 1.54) is 0 Å². The van der Waals surface area contributed by atoms with Gasteiger partial charge in [-0.25, -0.2) is 4.98 Å². The summed E-state index contributed by atoms with van der Waals surface area (Å²) in [5.41, 5.74) is 9.50. The maximum absolute atomic E-state index is 13.2. The lowest BCUT2D eigenvalue weighted by atomic mass is 9.95. The van der Waals surface area contributed by atoms with Gasteiger partial charge in [0.1, 0.15) is 5.82 Å². The van der Waals surface area contributed by atoms with Crippen LogP contribution < -0.4 is 21.3 Å². The third kappa shape index (κ3) is 5.25. The Morgan fingerprint density at radius 2 is 1.58 bits per heavy atom. The Morgan fingerprint density at radius 1 is 0.921 bits per heavy atom. The highest BCUT2D eigenvalue weighted by Gasteiger charge is 2.42. The topological polar surface area (TPSA) is 117 Å². The van der Waals surface area contributed by atoms with Crippen LogP contribution in [-0.4, -0.2) is 40.8 Å². The molecular weight excluding hydrogens is 478 g/mol. The summed E-state index contributed by atoms with van der Waals surface area (Å²) >= 11 is 0. The number of carbonyl (C=O) groups excluding carboxylic acids is 3. The van der Waals surface area contributed by atoms with Gasteiger partial charge in [0.05, 0.1) is 5.56 Å². The van der Waals surface area contributed by atoms with Crippen LogP contribution in [0.5, 0.6) is 0 Å². The molecule has 2 saturated heterocycles. The van der Waals surface area contributed by atoms with E-state index in [1.807, 2.05) is 56.3 Å². The number of hydrogen-bond donors (Lipinski definition) is 3. The van der Waals surface area contributed by atoms with Gasteiger partial charge in [-0.2, -0.15) is 0 Å². The van der Waals surface area contributed by atoms with Gasteiger partial charge in [0.2, 0.25) is 5.91 Å². The van der Waals surface area contributed by atoms with Crippen LogP contribution in [0.1, 0.15) is 73.4 Å². The molecule has 196 valence electrons. The number of pyridine rings is 1. The van der Waals surface area contributed by atoms with Gasteiger partial charge in [-0.05, 0) is 80.5 Å². The average Bonchev–Trinajstić information content (AvgIpc) is 3.17. The highest BCUT2D eigenvalue weighted by molar-refractivity contribution is 6.00. The Labute approximate surface area is 222 Å². The van der Waals surface area contributed by atoms with Gasteiger partial charge in [0.25, 0.3) is 11.8 Å². The lowest BCUT2D eigenvalue weighted by molar-refractivity contribution is 0.0922. The second-order valence-corrected chi connectivity index (χ2v) is 10.4. The molecule has 8 nitrogen and oxygen atoms in total. The SMILES string of the molecule is Cc1cc(C(N)=O)cc(C)c1C(=O)N[C@H]1C[C@H]2CC[C@@H](C1)N2c1ccc(C(=O)NCc2ccccc2)cn1. The molecule has 1 aromatic heterocycles. The molecule has 0 unspecified atom stereocenters. The quantitative estimate of drug-likeness (QED) is 0.448. The Hall–Kier alpha value is -4.20. The molecule has 0 aliphatic carbocycles. The first-order chi connectivity index (χ1) is 18.3. The van der Waals surface area contributed by atoms with Gasteiger partial charge in [-0.15, -0.1) is 0 Å². The maximum Gasteiger partial charge on any atom is 0.253 e. The van der Waals surface area contributed by atoms with Crippen LogP contribution in [0.3, 0.4) is 0 Å². The largest absolute Gasteiger partial charge is 0.366 e. The van der Waals surface area contributed by atoms with Crippen molar-refractivity contribution < 1.29 is 14.4 Å². The molecule has 2 bridgehead atoms. The molecule has 0 saturated carbocycles. The van der Waals surface area contributed by atoms with E-state index in [0.717, 1.165) is 48.2 Å². The van der Waals surface area contributed by atoms with Gasteiger partial charge >= 0.3 is 0 Å². The number of nitrogens with one attached hydrogen (secondary N) is 2. The van der Waals surface area contributed by atoms with Gasteiger partial charge in [0.15, 0.2) is 0 Å². The van der Waals surface area contributed by atoms with Crippen molar-refractivity contribution in [3.8, 4) is 0 Å². The first-order valence-corrected chi connectivity index (χ1v) is 13.1. The minimum atomic E-state index is -0.499. The lowest BCUT2D eigenvalue weighted by Gasteiger charge is -2.40. The number of piperidine rings is 1. The van der Waals surface area contributed by atoms with Crippen LogP contribution in [0.2, 0.25) is 0 Å². The summed E-state index contributed by atoms with van der Waals surface area (Å²) in [4.78, 5) is 44.3. The number of carbonyl (C=O) groups is 3. The van der Waals surface area contributed by atoms with Crippen LogP contribution >= 0.6 is 0 Å². The minimum absolute atomic E-state index is 0.0638. The molecule has 0 radical (unpaired) electrons. The van der Waals surface area contributed by atoms with Crippen molar-refractivity contribution in [1.82, 2.24) is 15.6 Å². The number of aromatic nitrogens is 1. The summed E-state index contributed by atoms with van der Waals surface area (Å²) < 4.78 is 0. The molecule has 3 heterocycles. The molecule has 2 fully saturated rings. The third-order valence-electron chi connectivity index (χ3n) is 7.68. The zero-order valence-corrected chi connectivity index (χ0v) is 21.7. The van der Waals surface area contributed by atoms with Crippen molar-refractivity contribution in [2.45, 2.75) is 64.2 Å². The Kier molecular flexibility index (Phi) is 7.13. The number of benzene rings is 2. The van der Waals surface area contributed by atoms with Crippen molar-refractivity contribution in [3.05, 3.63) is 94.2 Å². The standard InChI is InChI=1S/C30H33N5O3/c1-18-12-22(28(31)36)13-19(2)27(18)30(38)34-23-14-24-9-10-25(15-23)35(24)26-11-8-21(17-32-26)29(37)33-16-20-6-4-3-5-7-20/h3-8,11-13,17,23-25H,9-10,14-16H2,1-2H3,(H2,31,36)(H,33,37)(H,34,38)/t23-,24+,25-. The smallest absolute Gasteiger partial charge is 0.253 e. The number of fused-ring (bicyclic) bond motifs is 2. The third-order valence-corrected chi connectivity index (χ3v) is 7.68. The first-order valence-electron chi connectivity index (χ1n) is 13.1. The first kappa shape index (κ1) is 25.4. The molecule has 5 rings (SSSR count). The van der Waals surface area contributed by atoms with E-state index >= 15 is 0 Å². The molecule has 3 atom stereocenters. The van der Waals surface area contributed by atoms with Gasteiger partial charge in [-0.3, -0.25) is 14.4 Å². The number of amides is 3. The van der Waals surface area contributed by atoms with Crippen LogP contribution in [0.15, 0.2) is 60.8 Å². The summed E-state index contributed by atoms with van der Waals surface area (Å²) in [6, 6.07) is 17.5. The zero-order chi connectivity index (χ0) is 26.8. The minimum Gasteiger partial charge on any atom is -0.366 e. The highest BCUT2D eigenvalue weighted by atomic mass is 16.2. The van der Waals surface area contributed by atoms with Crippen LogP contribution in [0, 0.1) is 13.8 Å². The van der Waals surface area contributed by atoms with Crippen LogP contribution in [-0.2, 0) is 6.54 Å². The number of aryl methyl sites for hydroxylation is 2. The van der Waals surface area contributed by atoms with E-state index < -0.39 is 5.91 Å². The van der Waals surface area contributed by atoms with Crippen molar-refractivity contribution in [3.63, 3.8) is 0 Å². The number of nitrogens with zero attached hydrogens (tertiary/aromatic N) is 2. The summed E-state index contributed by atoms with van der Waals surface area (Å²) in [6.45, 7) is 4.13. The molecule has 4 N–H and O–H groups in total. The Balaban J connectivity index is 1.21. The predicted molar refractivity (Wildman–Crippen MR) is 146 cm³/mol. The summed E-state index contributed by atoms with van der Waals surface area (Å²) in [6.07, 6.45) is 5.40. The van der Waals surface area contributed by atoms with Gasteiger partial charge in [0, 0.05) is 42.0 Å². The van der Waals surface area contributed by atoms with E-state index in [1.54, 1.807) is 18.3 Å². The lowest BCUT2D eigenvalue weighted by Crippen LogP contribution is -2.51. The Morgan fingerprint density at radius 3 is 2.16 bits per heavy atom. The molecule has 38 heavy (non-hydrogen) atoms. The van der Waals surface area contributed by atoms with Crippen LogP contribution in [0.25, 0.3) is 0 Å². The Bertz CT molecular complexity index is 1320. The second kappa shape index (κ2) is 10.7. The fourth-order valence-corrected chi connectivity index (χ4v) is 5.94. The van der Waals surface area contributed by atoms with E-state index in [-0.39, 0.29) is 29.9 Å². The summed E-state index contributed by atoms with van der Waals surface area (Å²) in [7, 11) is 0. The van der Waals surface area contributed by atoms with Crippen molar-refractivity contribution in [1.29, 1.82) is 0 Å². The average molecular weight is 512 g/mol.